The van der Waals surface area contributed by atoms with E-state index < -0.39 is 12.2 Å². The number of piperidine rings is 1. The van der Waals surface area contributed by atoms with Crippen LogP contribution in [-0.2, 0) is 13.1 Å². The Morgan fingerprint density at radius 3 is 2.22 bits per heavy atom. The molecule has 0 spiro atoms. The van der Waals surface area contributed by atoms with Crippen LogP contribution in [0, 0.1) is 0 Å². The van der Waals surface area contributed by atoms with E-state index in [2.05, 4.69) is 39.1 Å². The fourth-order valence-electron chi connectivity index (χ4n) is 3.37. The van der Waals surface area contributed by atoms with Crippen molar-refractivity contribution >= 4 is 11.8 Å². The summed E-state index contributed by atoms with van der Waals surface area (Å²) in [5.41, 5.74) is 2.66. The fraction of sp³-hybridized carbons (Fsp3) is 0.412. The molecule has 6 nitrogen and oxygen atoms in total. The van der Waals surface area contributed by atoms with E-state index in [9.17, 15) is 10.2 Å². The number of benzene rings is 1. The zero-order valence-electron chi connectivity index (χ0n) is 12.8. The first-order valence-electron chi connectivity index (χ1n) is 7.95. The molecule has 0 saturated carbocycles. The van der Waals surface area contributed by atoms with Gasteiger partial charge in [0.2, 0.25) is 5.95 Å². The minimum atomic E-state index is -0.540. The van der Waals surface area contributed by atoms with Crippen LogP contribution >= 0.6 is 0 Å². The molecular weight excluding hydrogens is 292 g/mol. The van der Waals surface area contributed by atoms with Crippen molar-refractivity contribution in [3.8, 4) is 0 Å². The molecule has 0 amide bonds. The molecule has 0 aliphatic carbocycles. The van der Waals surface area contributed by atoms with Crippen molar-refractivity contribution in [3.05, 3.63) is 47.7 Å². The molecule has 120 valence electrons. The lowest BCUT2D eigenvalue weighted by Gasteiger charge is -2.33. The highest BCUT2D eigenvalue weighted by atomic mass is 16.3. The largest absolute Gasteiger partial charge is 0.391 e. The number of hydrogen-bond acceptors (Lipinski definition) is 6. The number of fused-ring (bicyclic) bond motifs is 1. The summed E-state index contributed by atoms with van der Waals surface area (Å²) in [6, 6.07) is 10.3. The molecule has 3 heterocycles. The first kappa shape index (κ1) is 14.4. The highest BCUT2D eigenvalue weighted by molar-refractivity contribution is 5.49. The fourth-order valence-corrected chi connectivity index (χ4v) is 3.37. The average Bonchev–Trinajstić information content (AvgIpc) is 2.98. The van der Waals surface area contributed by atoms with Gasteiger partial charge in [-0.05, 0) is 17.2 Å². The van der Waals surface area contributed by atoms with E-state index in [1.54, 1.807) is 6.20 Å². The molecule has 2 aliphatic heterocycles. The summed E-state index contributed by atoms with van der Waals surface area (Å²) < 4.78 is 0. The monoisotopic (exact) mass is 312 g/mol. The minimum absolute atomic E-state index is 0.414. The Morgan fingerprint density at radius 2 is 1.57 bits per heavy atom. The van der Waals surface area contributed by atoms with Gasteiger partial charge < -0.3 is 20.0 Å². The normalized spacial score (nSPS) is 23.9. The molecule has 0 radical (unpaired) electrons. The summed E-state index contributed by atoms with van der Waals surface area (Å²) in [6.45, 7) is 2.61. The lowest BCUT2D eigenvalue weighted by atomic mass is 10.1. The van der Waals surface area contributed by atoms with Gasteiger partial charge in [-0.1, -0.05) is 24.3 Å². The quantitative estimate of drug-likeness (QED) is 0.859. The lowest BCUT2D eigenvalue weighted by Crippen LogP contribution is -2.46. The highest BCUT2D eigenvalue weighted by Crippen LogP contribution is 2.27. The minimum Gasteiger partial charge on any atom is -0.391 e. The van der Waals surface area contributed by atoms with Crippen LogP contribution in [0.3, 0.4) is 0 Å². The second-order valence-corrected chi connectivity index (χ2v) is 6.29. The SMILES string of the molecule is O[C@@H]1C[C@H](O)CN(c2nccc(N3Cc4ccccc4C3)n2)C1. The first-order chi connectivity index (χ1) is 11.2. The van der Waals surface area contributed by atoms with Crippen molar-refractivity contribution in [1.82, 2.24) is 9.97 Å². The molecule has 1 saturated heterocycles. The number of aliphatic hydroxyl groups is 2. The summed E-state index contributed by atoms with van der Waals surface area (Å²) >= 11 is 0. The average molecular weight is 312 g/mol. The van der Waals surface area contributed by atoms with Gasteiger partial charge >= 0.3 is 0 Å². The number of aliphatic hydroxyl groups excluding tert-OH is 2. The van der Waals surface area contributed by atoms with E-state index in [1.807, 2.05) is 11.0 Å². The maximum Gasteiger partial charge on any atom is 0.227 e. The molecule has 23 heavy (non-hydrogen) atoms. The standard InChI is InChI=1S/C17H20N4O2/c22-14-7-15(23)11-21(10-14)17-18-6-5-16(19-17)20-8-12-3-1-2-4-13(12)9-20/h1-6,14-15,22-23H,7-11H2/t14-,15+. The molecule has 6 heteroatoms. The summed E-state index contributed by atoms with van der Waals surface area (Å²) in [7, 11) is 0. The number of aromatic nitrogens is 2. The van der Waals surface area contributed by atoms with Crippen LogP contribution < -0.4 is 9.80 Å². The van der Waals surface area contributed by atoms with Gasteiger partial charge in [-0.3, -0.25) is 0 Å². The molecule has 2 atom stereocenters. The molecule has 1 fully saturated rings. The zero-order chi connectivity index (χ0) is 15.8. The van der Waals surface area contributed by atoms with Crippen LogP contribution in [0.1, 0.15) is 17.5 Å². The highest BCUT2D eigenvalue weighted by Gasteiger charge is 2.27. The Bertz CT molecular complexity index is 673. The number of hydrogen-bond donors (Lipinski definition) is 2. The van der Waals surface area contributed by atoms with Crippen LogP contribution in [-0.4, -0.2) is 45.5 Å². The molecule has 0 unspecified atom stereocenters. The van der Waals surface area contributed by atoms with E-state index in [1.165, 1.54) is 11.1 Å². The van der Waals surface area contributed by atoms with Gasteiger partial charge in [-0.2, -0.15) is 4.98 Å². The predicted octanol–water partition coefficient (Wildman–Crippen LogP) is 0.929. The van der Waals surface area contributed by atoms with E-state index in [4.69, 9.17) is 0 Å². The Hall–Kier alpha value is -2.18. The predicted molar refractivity (Wildman–Crippen MR) is 87.2 cm³/mol. The number of rotatable bonds is 2. The van der Waals surface area contributed by atoms with Gasteiger partial charge in [0.1, 0.15) is 5.82 Å². The second kappa shape index (κ2) is 5.79. The Balaban J connectivity index is 1.56. The van der Waals surface area contributed by atoms with Crippen LogP contribution in [0.25, 0.3) is 0 Å². The zero-order valence-corrected chi connectivity index (χ0v) is 12.8. The maximum atomic E-state index is 9.84. The third kappa shape index (κ3) is 2.87. The molecule has 2 N–H and O–H groups in total. The van der Waals surface area contributed by atoms with Gasteiger partial charge in [0.05, 0.1) is 12.2 Å². The first-order valence-corrected chi connectivity index (χ1v) is 7.95. The molecule has 0 bridgehead atoms. The van der Waals surface area contributed by atoms with Crippen molar-refractivity contribution < 1.29 is 10.2 Å². The molecule has 4 rings (SSSR count). The molecule has 2 aliphatic rings. The van der Waals surface area contributed by atoms with E-state index in [-0.39, 0.29) is 0 Å². The molecule has 1 aromatic heterocycles. The summed E-state index contributed by atoms with van der Waals surface area (Å²) in [6.07, 6.45) is 1.08. The molecule has 2 aromatic rings. The van der Waals surface area contributed by atoms with Crippen molar-refractivity contribution in [2.45, 2.75) is 31.7 Å². The van der Waals surface area contributed by atoms with Crippen molar-refractivity contribution in [1.29, 1.82) is 0 Å². The molecule has 1 aromatic carbocycles. The van der Waals surface area contributed by atoms with E-state index in [0.29, 0.717) is 25.5 Å². The lowest BCUT2D eigenvalue weighted by molar-refractivity contribution is 0.0645. The number of nitrogens with zero attached hydrogens (tertiary/aromatic N) is 4. The van der Waals surface area contributed by atoms with Crippen LogP contribution in [0.15, 0.2) is 36.5 Å². The second-order valence-electron chi connectivity index (χ2n) is 6.29. The van der Waals surface area contributed by atoms with Gasteiger partial charge in [0.25, 0.3) is 0 Å². The van der Waals surface area contributed by atoms with Crippen LogP contribution in [0.2, 0.25) is 0 Å². The van der Waals surface area contributed by atoms with E-state index in [0.717, 1.165) is 18.9 Å². The number of anilines is 2. The Kier molecular flexibility index (Phi) is 3.63. The Morgan fingerprint density at radius 1 is 0.913 bits per heavy atom. The Labute approximate surface area is 135 Å². The van der Waals surface area contributed by atoms with Crippen molar-refractivity contribution in [2.75, 3.05) is 22.9 Å². The van der Waals surface area contributed by atoms with Crippen molar-refractivity contribution in [3.63, 3.8) is 0 Å². The van der Waals surface area contributed by atoms with Crippen LogP contribution in [0.5, 0.6) is 0 Å². The summed E-state index contributed by atoms with van der Waals surface area (Å²) in [5.74, 6) is 1.44. The van der Waals surface area contributed by atoms with E-state index >= 15 is 0 Å². The smallest absolute Gasteiger partial charge is 0.227 e. The van der Waals surface area contributed by atoms with Crippen LogP contribution in [0.4, 0.5) is 11.8 Å². The third-order valence-corrected chi connectivity index (χ3v) is 4.48. The van der Waals surface area contributed by atoms with Gasteiger partial charge in [-0.25, -0.2) is 4.98 Å². The van der Waals surface area contributed by atoms with Gasteiger partial charge in [0, 0.05) is 38.8 Å². The number of β-amino-alcohol motifs (C(OH)–C–C–N with tert-alkyl or cyclic N) is 2. The maximum absolute atomic E-state index is 9.84. The van der Waals surface area contributed by atoms with Gasteiger partial charge in [-0.15, -0.1) is 0 Å². The van der Waals surface area contributed by atoms with Gasteiger partial charge in [0.15, 0.2) is 0 Å². The molecular formula is C17H20N4O2. The summed E-state index contributed by atoms with van der Waals surface area (Å²) in [5, 5.41) is 19.7. The third-order valence-electron chi connectivity index (χ3n) is 4.48. The topological polar surface area (TPSA) is 72.7 Å². The summed E-state index contributed by atoms with van der Waals surface area (Å²) in [4.78, 5) is 13.0. The van der Waals surface area contributed by atoms with Crippen molar-refractivity contribution in [2.24, 2.45) is 0 Å².